The number of pyridine rings is 1. The Balaban J connectivity index is 1.99. The fourth-order valence-corrected chi connectivity index (χ4v) is 1.52. The van der Waals surface area contributed by atoms with Crippen LogP contribution in [-0.2, 0) is 0 Å². The summed E-state index contributed by atoms with van der Waals surface area (Å²) in [5.74, 6) is 1.47. The molecule has 0 unspecified atom stereocenters. The summed E-state index contributed by atoms with van der Waals surface area (Å²) in [5, 5.41) is 8.85. The van der Waals surface area contributed by atoms with Crippen LogP contribution in [0.4, 0.5) is 5.82 Å². The summed E-state index contributed by atoms with van der Waals surface area (Å²) in [5.41, 5.74) is 1.18. The molecule has 0 amide bonds. The Kier molecular flexibility index (Phi) is 2.19. The molecule has 0 aromatic carbocycles. The van der Waals surface area contributed by atoms with Gasteiger partial charge >= 0.3 is 0 Å². The number of hydrogen-bond acceptors (Lipinski definition) is 3. The molecule has 1 saturated heterocycles. The van der Waals surface area contributed by atoms with Crippen LogP contribution < -0.4 is 4.90 Å². The monoisotopic (exact) mass is 178 g/mol. The fraction of sp³-hybridized carbons (Fsp3) is 0.500. The molecule has 0 bridgehead atoms. The Morgan fingerprint density at radius 2 is 2.31 bits per heavy atom. The third-order valence-corrected chi connectivity index (χ3v) is 2.44. The molecule has 0 aliphatic carbocycles. The van der Waals surface area contributed by atoms with E-state index >= 15 is 0 Å². The molecule has 1 fully saturated rings. The lowest BCUT2D eigenvalue weighted by Crippen LogP contribution is -2.48. The highest BCUT2D eigenvalue weighted by atomic mass is 16.3. The van der Waals surface area contributed by atoms with Gasteiger partial charge in [-0.3, -0.25) is 0 Å². The summed E-state index contributed by atoms with van der Waals surface area (Å²) in [4.78, 5) is 6.49. The SMILES string of the molecule is Cc1ccc(N2CC(CO)C2)nc1. The van der Waals surface area contributed by atoms with E-state index in [-0.39, 0.29) is 0 Å². The van der Waals surface area contributed by atoms with Crippen molar-refractivity contribution in [2.24, 2.45) is 5.92 Å². The number of aryl methyl sites for hydroxylation is 1. The van der Waals surface area contributed by atoms with Gasteiger partial charge in [-0.2, -0.15) is 0 Å². The van der Waals surface area contributed by atoms with E-state index in [2.05, 4.69) is 16.0 Å². The van der Waals surface area contributed by atoms with Crippen LogP contribution in [0.15, 0.2) is 18.3 Å². The molecule has 3 nitrogen and oxygen atoms in total. The van der Waals surface area contributed by atoms with E-state index in [1.165, 1.54) is 5.56 Å². The highest BCUT2D eigenvalue weighted by molar-refractivity contribution is 5.42. The molecule has 1 aromatic heterocycles. The smallest absolute Gasteiger partial charge is 0.128 e. The molecular weight excluding hydrogens is 164 g/mol. The molecule has 1 aliphatic heterocycles. The molecule has 3 heteroatoms. The van der Waals surface area contributed by atoms with Crippen LogP contribution in [0.2, 0.25) is 0 Å². The van der Waals surface area contributed by atoms with Gasteiger partial charge in [-0.05, 0) is 18.6 Å². The second kappa shape index (κ2) is 3.34. The first-order valence-electron chi connectivity index (χ1n) is 4.58. The zero-order valence-corrected chi connectivity index (χ0v) is 7.77. The Morgan fingerprint density at radius 3 is 2.85 bits per heavy atom. The Labute approximate surface area is 78.0 Å². The van der Waals surface area contributed by atoms with Gasteiger partial charge in [0.1, 0.15) is 5.82 Å². The summed E-state index contributed by atoms with van der Waals surface area (Å²) in [6.07, 6.45) is 1.88. The predicted octanol–water partition coefficient (Wildman–Crippen LogP) is 0.819. The van der Waals surface area contributed by atoms with E-state index in [1.54, 1.807) is 0 Å². The zero-order chi connectivity index (χ0) is 9.26. The minimum Gasteiger partial charge on any atom is -0.396 e. The van der Waals surface area contributed by atoms with E-state index in [1.807, 2.05) is 19.2 Å². The minimum atomic E-state index is 0.294. The van der Waals surface area contributed by atoms with E-state index in [0.717, 1.165) is 18.9 Å². The summed E-state index contributed by atoms with van der Waals surface area (Å²) in [6, 6.07) is 4.09. The average molecular weight is 178 g/mol. The second-order valence-electron chi connectivity index (χ2n) is 3.65. The van der Waals surface area contributed by atoms with Gasteiger partial charge in [0, 0.05) is 31.8 Å². The number of aromatic nitrogens is 1. The first-order chi connectivity index (χ1) is 6.29. The van der Waals surface area contributed by atoms with Crippen LogP contribution in [0, 0.1) is 12.8 Å². The maximum Gasteiger partial charge on any atom is 0.128 e. The molecule has 0 saturated carbocycles. The van der Waals surface area contributed by atoms with Gasteiger partial charge in [-0.1, -0.05) is 6.07 Å². The molecular formula is C10H14N2O. The highest BCUT2D eigenvalue weighted by Gasteiger charge is 2.26. The largest absolute Gasteiger partial charge is 0.396 e. The first-order valence-corrected chi connectivity index (χ1v) is 4.58. The normalized spacial score (nSPS) is 17.2. The highest BCUT2D eigenvalue weighted by Crippen LogP contribution is 2.21. The molecule has 0 spiro atoms. The molecule has 1 N–H and O–H groups in total. The van der Waals surface area contributed by atoms with Gasteiger partial charge in [0.15, 0.2) is 0 Å². The van der Waals surface area contributed by atoms with Crippen LogP contribution in [0.5, 0.6) is 0 Å². The second-order valence-corrected chi connectivity index (χ2v) is 3.65. The summed E-state index contributed by atoms with van der Waals surface area (Å²) >= 11 is 0. The number of hydrogen-bond donors (Lipinski definition) is 1. The van der Waals surface area contributed by atoms with Gasteiger partial charge in [-0.25, -0.2) is 4.98 Å². The van der Waals surface area contributed by atoms with Crippen molar-refractivity contribution in [1.29, 1.82) is 0 Å². The molecule has 70 valence electrons. The molecule has 2 heterocycles. The maximum atomic E-state index is 8.85. The third-order valence-electron chi connectivity index (χ3n) is 2.44. The topological polar surface area (TPSA) is 36.4 Å². The lowest BCUT2D eigenvalue weighted by Gasteiger charge is -2.39. The Morgan fingerprint density at radius 1 is 1.54 bits per heavy atom. The van der Waals surface area contributed by atoms with E-state index in [0.29, 0.717) is 12.5 Å². The zero-order valence-electron chi connectivity index (χ0n) is 7.77. The van der Waals surface area contributed by atoms with Crippen molar-refractivity contribution in [3.05, 3.63) is 23.9 Å². The number of aliphatic hydroxyl groups excluding tert-OH is 1. The minimum absolute atomic E-state index is 0.294. The van der Waals surface area contributed by atoms with Crippen molar-refractivity contribution < 1.29 is 5.11 Å². The molecule has 1 aromatic rings. The van der Waals surface area contributed by atoms with Crippen molar-refractivity contribution in [2.45, 2.75) is 6.92 Å². The van der Waals surface area contributed by atoms with Gasteiger partial charge in [-0.15, -0.1) is 0 Å². The average Bonchev–Trinajstić information content (AvgIpc) is 2.06. The van der Waals surface area contributed by atoms with Crippen molar-refractivity contribution in [1.82, 2.24) is 4.98 Å². The van der Waals surface area contributed by atoms with E-state index in [9.17, 15) is 0 Å². The quantitative estimate of drug-likeness (QED) is 0.728. The lowest BCUT2D eigenvalue weighted by atomic mass is 10.0. The molecule has 13 heavy (non-hydrogen) atoms. The fourth-order valence-electron chi connectivity index (χ4n) is 1.52. The van der Waals surface area contributed by atoms with Crippen molar-refractivity contribution in [2.75, 3.05) is 24.6 Å². The standard InChI is InChI=1S/C10H14N2O/c1-8-2-3-10(11-4-8)12-5-9(6-12)7-13/h2-4,9,13H,5-7H2,1H3. The van der Waals surface area contributed by atoms with Crippen molar-refractivity contribution in [3.63, 3.8) is 0 Å². The van der Waals surface area contributed by atoms with Gasteiger partial charge in [0.2, 0.25) is 0 Å². The van der Waals surface area contributed by atoms with Crippen molar-refractivity contribution in [3.8, 4) is 0 Å². The van der Waals surface area contributed by atoms with Crippen LogP contribution in [0.25, 0.3) is 0 Å². The Hall–Kier alpha value is -1.09. The third kappa shape index (κ3) is 1.65. The summed E-state index contributed by atoms with van der Waals surface area (Å²) in [7, 11) is 0. The molecule has 1 aliphatic rings. The number of nitrogens with zero attached hydrogens (tertiary/aromatic N) is 2. The van der Waals surface area contributed by atoms with Crippen LogP contribution >= 0.6 is 0 Å². The van der Waals surface area contributed by atoms with E-state index < -0.39 is 0 Å². The molecule has 0 atom stereocenters. The van der Waals surface area contributed by atoms with Gasteiger partial charge in [0.05, 0.1) is 0 Å². The van der Waals surface area contributed by atoms with Crippen LogP contribution in [-0.4, -0.2) is 29.8 Å². The lowest BCUT2D eigenvalue weighted by molar-refractivity contribution is 0.200. The summed E-state index contributed by atoms with van der Waals surface area (Å²) in [6.45, 7) is 4.20. The van der Waals surface area contributed by atoms with E-state index in [4.69, 9.17) is 5.11 Å². The van der Waals surface area contributed by atoms with Gasteiger partial charge in [0.25, 0.3) is 0 Å². The maximum absolute atomic E-state index is 8.85. The van der Waals surface area contributed by atoms with Crippen LogP contribution in [0.3, 0.4) is 0 Å². The van der Waals surface area contributed by atoms with Crippen molar-refractivity contribution >= 4 is 5.82 Å². The first kappa shape index (κ1) is 8.51. The van der Waals surface area contributed by atoms with Crippen LogP contribution in [0.1, 0.15) is 5.56 Å². The number of anilines is 1. The number of rotatable bonds is 2. The van der Waals surface area contributed by atoms with Gasteiger partial charge < -0.3 is 10.0 Å². The predicted molar refractivity (Wildman–Crippen MR) is 51.8 cm³/mol. The molecule has 2 rings (SSSR count). The summed E-state index contributed by atoms with van der Waals surface area (Å²) < 4.78 is 0. The Bertz CT molecular complexity index is 277. The number of aliphatic hydroxyl groups is 1. The molecule has 0 radical (unpaired) electrons.